The summed E-state index contributed by atoms with van der Waals surface area (Å²) in [4.78, 5) is 3.67. The molecule has 0 aliphatic carbocycles. The van der Waals surface area contributed by atoms with Crippen LogP contribution in [0.4, 0.5) is 13.2 Å². The average molecular weight is 452 g/mol. The van der Waals surface area contributed by atoms with E-state index in [1.807, 2.05) is 0 Å². The SMILES string of the molecule is FC(F)(F)c1c(-c2cc(Cl)c(Cl)c(Cl)c2)ccnc1I. The lowest BCUT2D eigenvalue weighted by Gasteiger charge is -2.15. The highest BCUT2D eigenvalue weighted by Gasteiger charge is 2.36. The van der Waals surface area contributed by atoms with Crippen molar-refractivity contribution in [2.24, 2.45) is 0 Å². The molecule has 0 atom stereocenters. The molecule has 0 aliphatic heterocycles. The van der Waals surface area contributed by atoms with Gasteiger partial charge in [0, 0.05) is 6.20 Å². The first kappa shape index (κ1) is 16.1. The van der Waals surface area contributed by atoms with Crippen LogP contribution >= 0.6 is 57.4 Å². The second-order valence-corrected chi connectivity index (χ2v) is 5.99. The Kier molecular flexibility index (Phi) is 4.73. The Labute approximate surface area is 141 Å². The molecule has 1 aromatic carbocycles. The first-order valence-corrected chi connectivity index (χ1v) is 7.29. The monoisotopic (exact) mass is 451 g/mol. The zero-order chi connectivity index (χ0) is 15.1. The van der Waals surface area contributed by atoms with Gasteiger partial charge in [0.2, 0.25) is 0 Å². The molecule has 0 bridgehead atoms. The van der Waals surface area contributed by atoms with E-state index in [2.05, 4.69) is 4.98 Å². The van der Waals surface area contributed by atoms with Gasteiger partial charge in [0.05, 0.1) is 20.6 Å². The van der Waals surface area contributed by atoms with Gasteiger partial charge in [-0.3, -0.25) is 0 Å². The number of hydrogen-bond acceptors (Lipinski definition) is 1. The summed E-state index contributed by atoms with van der Waals surface area (Å²) < 4.78 is 39.3. The van der Waals surface area contributed by atoms with E-state index in [4.69, 9.17) is 34.8 Å². The molecule has 106 valence electrons. The van der Waals surface area contributed by atoms with Crippen LogP contribution in [-0.4, -0.2) is 4.98 Å². The summed E-state index contributed by atoms with van der Waals surface area (Å²) in [5.74, 6) is 0. The van der Waals surface area contributed by atoms with Gasteiger partial charge in [0.15, 0.2) is 0 Å². The summed E-state index contributed by atoms with van der Waals surface area (Å²) in [5.41, 5.74) is -0.635. The lowest BCUT2D eigenvalue weighted by Crippen LogP contribution is -2.11. The summed E-state index contributed by atoms with van der Waals surface area (Å²) >= 11 is 19.1. The Morgan fingerprint density at radius 1 is 1.05 bits per heavy atom. The summed E-state index contributed by atoms with van der Waals surface area (Å²) in [6.07, 6.45) is -3.23. The van der Waals surface area contributed by atoms with Crippen LogP contribution in [0, 0.1) is 3.70 Å². The Bertz CT molecular complexity index is 650. The third-order valence-electron chi connectivity index (χ3n) is 2.48. The molecule has 1 nitrogen and oxygen atoms in total. The van der Waals surface area contributed by atoms with E-state index in [9.17, 15) is 13.2 Å². The highest BCUT2D eigenvalue weighted by molar-refractivity contribution is 14.1. The number of aromatic nitrogens is 1. The van der Waals surface area contributed by atoms with Crippen LogP contribution in [0.3, 0.4) is 0 Å². The summed E-state index contributed by atoms with van der Waals surface area (Å²) in [6.45, 7) is 0. The van der Waals surface area contributed by atoms with Gasteiger partial charge in [-0.1, -0.05) is 34.8 Å². The third kappa shape index (κ3) is 3.16. The maximum Gasteiger partial charge on any atom is 0.419 e. The molecule has 0 radical (unpaired) electrons. The van der Waals surface area contributed by atoms with Crippen LogP contribution in [0.25, 0.3) is 11.1 Å². The number of nitrogens with zero attached hydrogens (tertiary/aromatic N) is 1. The zero-order valence-electron chi connectivity index (χ0n) is 9.40. The van der Waals surface area contributed by atoms with Crippen molar-refractivity contribution in [2.75, 3.05) is 0 Å². The number of hydrogen-bond donors (Lipinski definition) is 0. The van der Waals surface area contributed by atoms with Crippen LogP contribution < -0.4 is 0 Å². The summed E-state index contributed by atoms with van der Waals surface area (Å²) in [5, 5.41) is 0.289. The van der Waals surface area contributed by atoms with E-state index in [1.54, 1.807) is 0 Å². The van der Waals surface area contributed by atoms with E-state index in [0.29, 0.717) is 0 Å². The summed E-state index contributed by atoms with van der Waals surface area (Å²) in [7, 11) is 0. The van der Waals surface area contributed by atoms with Crippen LogP contribution in [0.5, 0.6) is 0 Å². The first-order chi connectivity index (χ1) is 9.21. The fourth-order valence-electron chi connectivity index (χ4n) is 1.66. The molecule has 0 unspecified atom stereocenters. The number of halogens is 7. The average Bonchev–Trinajstić information content (AvgIpc) is 2.33. The molecule has 1 aromatic heterocycles. The second-order valence-electron chi connectivity index (χ2n) is 3.78. The van der Waals surface area contributed by atoms with Crippen LogP contribution in [0.2, 0.25) is 15.1 Å². The van der Waals surface area contributed by atoms with Crippen molar-refractivity contribution in [1.29, 1.82) is 0 Å². The molecule has 8 heteroatoms. The van der Waals surface area contributed by atoms with Gasteiger partial charge >= 0.3 is 6.18 Å². The quantitative estimate of drug-likeness (QED) is 0.280. The predicted octanol–water partition coefficient (Wildman–Crippen LogP) is 6.33. The van der Waals surface area contributed by atoms with Gasteiger partial charge < -0.3 is 0 Å². The Hall–Kier alpha value is -0.240. The normalized spacial score (nSPS) is 11.8. The van der Waals surface area contributed by atoms with Crippen molar-refractivity contribution in [3.05, 3.63) is 48.7 Å². The molecule has 0 N–H and O–H groups in total. The van der Waals surface area contributed by atoms with Crippen molar-refractivity contribution in [1.82, 2.24) is 4.98 Å². The van der Waals surface area contributed by atoms with Crippen molar-refractivity contribution < 1.29 is 13.2 Å². The van der Waals surface area contributed by atoms with E-state index in [-0.39, 0.29) is 29.9 Å². The fourth-order valence-corrected chi connectivity index (χ4v) is 3.01. The lowest BCUT2D eigenvalue weighted by atomic mass is 10.0. The van der Waals surface area contributed by atoms with Crippen molar-refractivity contribution in [3.8, 4) is 11.1 Å². The maximum atomic E-state index is 13.1. The van der Waals surface area contributed by atoms with Crippen LogP contribution in [-0.2, 0) is 6.18 Å². The largest absolute Gasteiger partial charge is 0.419 e. The lowest BCUT2D eigenvalue weighted by molar-refractivity contribution is -0.138. The van der Waals surface area contributed by atoms with Crippen LogP contribution in [0.1, 0.15) is 5.56 Å². The maximum absolute atomic E-state index is 13.1. The van der Waals surface area contributed by atoms with E-state index in [0.717, 1.165) is 0 Å². The number of benzene rings is 1. The van der Waals surface area contributed by atoms with Crippen molar-refractivity contribution >= 4 is 57.4 Å². The molecule has 20 heavy (non-hydrogen) atoms. The molecule has 0 spiro atoms. The van der Waals surface area contributed by atoms with Gasteiger partial charge in [0.1, 0.15) is 3.70 Å². The van der Waals surface area contributed by atoms with Crippen LogP contribution in [0.15, 0.2) is 24.4 Å². The minimum Gasteiger partial charge on any atom is -0.250 e. The van der Waals surface area contributed by atoms with Gasteiger partial charge in [-0.2, -0.15) is 13.2 Å². The molecule has 2 rings (SSSR count). The van der Waals surface area contributed by atoms with Gasteiger partial charge in [0.25, 0.3) is 0 Å². The van der Waals surface area contributed by atoms with E-state index < -0.39 is 11.7 Å². The fraction of sp³-hybridized carbons (Fsp3) is 0.0833. The van der Waals surface area contributed by atoms with E-state index >= 15 is 0 Å². The molecule has 0 amide bonds. The van der Waals surface area contributed by atoms with E-state index in [1.165, 1.54) is 47.0 Å². The van der Waals surface area contributed by atoms with Gasteiger partial charge in [-0.25, -0.2) is 4.98 Å². The highest BCUT2D eigenvalue weighted by atomic mass is 127. The molecule has 0 saturated carbocycles. The number of pyridine rings is 1. The molecule has 2 aromatic rings. The molecule has 1 heterocycles. The Morgan fingerprint density at radius 3 is 2.10 bits per heavy atom. The number of rotatable bonds is 1. The smallest absolute Gasteiger partial charge is 0.250 e. The number of alkyl halides is 3. The molecular formula is C12H4Cl3F3IN. The molecule has 0 fully saturated rings. The predicted molar refractivity (Wildman–Crippen MR) is 82.4 cm³/mol. The molecule has 0 aliphatic rings. The minimum atomic E-state index is -4.53. The highest BCUT2D eigenvalue weighted by Crippen LogP contribution is 2.42. The molecular weight excluding hydrogens is 448 g/mol. The minimum absolute atomic E-state index is 0.0441. The Morgan fingerprint density at radius 2 is 1.60 bits per heavy atom. The van der Waals surface area contributed by atoms with Gasteiger partial charge in [-0.05, 0) is 51.9 Å². The molecule has 0 saturated heterocycles. The first-order valence-electron chi connectivity index (χ1n) is 5.08. The third-order valence-corrected chi connectivity index (χ3v) is 4.50. The van der Waals surface area contributed by atoms with Crippen molar-refractivity contribution in [2.45, 2.75) is 6.18 Å². The van der Waals surface area contributed by atoms with Crippen molar-refractivity contribution in [3.63, 3.8) is 0 Å². The zero-order valence-corrected chi connectivity index (χ0v) is 13.8. The topological polar surface area (TPSA) is 12.9 Å². The van der Waals surface area contributed by atoms with Gasteiger partial charge in [-0.15, -0.1) is 0 Å². The Balaban J connectivity index is 2.74. The standard InChI is InChI=1S/C12H4Cl3F3IN/c13-7-3-5(4-8(14)10(7)15)6-1-2-20-11(19)9(6)12(16,17)18/h1-4H. The summed E-state index contributed by atoms with van der Waals surface area (Å²) in [6, 6.07) is 3.95. The second kappa shape index (κ2) is 5.87.